The van der Waals surface area contributed by atoms with Gasteiger partial charge in [0.05, 0.1) is 5.56 Å². The topological polar surface area (TPSA) is 139 Å². The second-order valence-corrected chi connectivity index (χ2v) is 8.01. The summed E-state index contributed by atoms with van der Waals surface area (Å²) in [6.45, 7) is 0.356. The summed E-state index contributed by atoms with van der Waals surface area (Å²) in [6, 6.07) is 4.93. The van der Waals surface area contributed by atoms with Crippen LogP contribution in [0.3, 0.4) is 0 Å². The van der Waals surface area contributed by atoms with Gasteiger partial charge in [-0.3, -0.25) is 19.7 Å². The van der Waals surface area contributed by atoms with Crippen molar-refractivity contribution in [3.63, 3.8) is 0 Å². The number of fused-ring (bicyclic) bond motifs is 1. The normalized spacial score (nSPS) is 18.4. The van der Waals surface area contributed by atoms with E-state index in [2.05, 4.69) is 5.32 Å². The number of benzene rings is 1. The van der Waals surface area contributed by atoms with Crippen LogP contribution in [0.15, 0.2) is 29.2 Å². The van der Waals surface area contributed by atoms with E-state index in [9.17, 15) is 27.6 Å². The highest BCUT2D eigenvalue weighted by Crippen LogP contribution is 2.29. The second kappa shape index (κ2) is 6.99. The number of nitrogens with one attached hydrogen (secondary N) is 2. The molecule has 1 aromatic carbocycles. The van der Waals surface area contributed by atoms with Gasteiger partial charge < -0.3 is 10.1 Å². The molecular weight excluding hydrogens is 378 g/mol. The molecule has 2 N–H and O–H groups in total. The van der Waals surface area contributed by atoms with Gasteiger partial charge in [0.1, 0.15) is 11.4 Å². The van der Waals surface area contributed by atoms with Gasteiger partial charge in [-0.2, -0.15) is 0 Å². The first-order valence-corrected chi connectivity index (χ1v) is 9.61. The van der Waals surface area contributed by atoms with Crippen molar-refractivity contribution in [2.24, 2.45) is 0 Å². The standard InChI is InChI=1S/C16H17N3O7S/c1-9(14(21)18-16(23)17-10-6-7-10)26-13(20)8-19-15(22)11-4-2-3-5-12(11)27(19,24)25/h2-5,9-10H,6-8H2,1H3,(H2,17,18,21,23)/t9-/m1/s1. The van der Waals surface area contributed by atoms with Gasteiger partial charge in [-0.05, 0) is 31.9 Å². The molecule has 1 heterocycles. The monoisotopic (exact) mass is 395 g/mol. The molecule has 0 bridgehead atoms. The molecule has 1 atom stereocenters. The first-order valence-electron chi connectivity index (χ1n) is 8.17. The third-order valence-corrected chi connectivity index (χ3v) is 5.80. The van der Waals surface area contributed by atoms with Crippen molar-refractivity contribution in [1.82, 2.24) is 14.9 Å². The lowest BCUT2D eigenvalue weighted by molar-refractivity contribution is -0.154. The number of hydrogen-bond donors (Lipinski definition) is 2. The third kappa shape index (κ3) is 3.92. The summed E-state index contributed by atoms with van der Waals surface area (Å²) >= 11 is 0. The molecule has 11 heteroatoms. The molecule has 10 nitrogen and oxygen atoms in total. The minimum absolute atomic E-state index is 0.0344. The lowest BCUT2D eigenvalue weighted by Gasteiger charge is -2.17. The van der Waals surface area contributed by atoms with E-state index in [1.807, 2.05) is 5.32 Å². The molecule has 27 heavy (non-hydrogen) atoms. The number of carbonyl (C=O) groups is 4. The van der Waals surface area contributed by atoms with E-state index in [0.717, 1.165) is 12.8 Å². The fraction of sp³-hybridized carbons (Fsp3) is 0.375. The molecule has 1 aliphatic carbocycles. The average Bonchev–Trinajstić information content (AvgIpc) is 3.39. The van der Waals surface area contributed by atoms with Crippen LogP contribution in [0, 0.1) is 0 Å². The van der Waals surface area contributed by atoms with E-state index in [4.69, 9.17) is 4.74 Å². The number of carbonyl (C=O) groups excluding carboxylic acids is 4. The summed E-state index contributed by atoms with van der Waals surface area (Å²) in [5, 5.41) is 4.56. The predicted octanol–water partition coefficient (Wildman–Crippen LogP) is -0.249. The lowest BCUT2D eigenvalue weighted by atomic mass is 10.2. The van der Waals surface area contributed by atoms with E-state index in [1.54, 1.807) is 0 Å². The Morgan fingerprint density at radius 3 is 2.56 bits per heavy atom. The predicted molar refractivity (Wildman–Crippen MR) is 89.9 cm³/mol. The third-order valence-electron chi connectivity index (χ3n) is 4.01. The molecule has 3 rings (SSSR count). The highest BCUT2D eigenvalue weighted by Gasteiger charge is 2.42. The van der Waals surface area contributed by atoms with Crippen molar-refractivity contribution in [1.29, 1.82) is 0 Å². The van der Waals surface area contributed by atoms with E-state index < -0.39 is 46.5 Å². The highest BCUT2D eigenvalue weighted by molar-refractivity contribution is 7.90. The Hall–Kier alpha value is -2.95. The fourth-order valence-electron chi connectivity index (χ4n) is 2.46. The number of esters is 1. The quantitative estimate of drug-likeness (QED) is 0.656. The van der Waals surface area contributed by atoms with Gasteiger partial charge in [0, 0.05) is 6.04 Å². The molecule has 1 aromatic rings. The maximum Gasteiger partial charge on any atom is 0.327 e. The van der Waals surface area contributed by atoms with Crippen molar-refractivity contribution in [2.75, 3.05) is 6.54 Å². The van der Waals surface area contributed by atoms with E-state index >= 15 is 0 Å². The molecule has 1 saturated carbocycles. The van der Waals surface area contributed by atoms with Crippen molar-refractivity contribution < 1.29 is 32.3 Å². The van der Waals surface area contributed by atoms with Crippen molar-refractivity contribution in [2.45, 2.75) is 36.8 Å². The molecule has 1 aliphatic heterocycles. The van der Waals surface area contributed by atoms with Crippen LogP contribution in [-0.2, 0) is 24.3 Å². The largest absolute Gasteiger partial charge is 0.451 e. The van der Waals surface area contributed by atoms with Crippen molar-refractivity contribution >= 4 is 33.8 Å². The van der Waals surface area contributed by atoms with E-state index in [1.165, 1.54) is 31.2 Å². The van der Waals surface area contributed by atoms with E-state index in [-0.39, 0.29) is 16.5 Å². The summed E-state index contributed by atoms with van der Waals surface area (Å²) in [6.07, 6.45) is 0.338. The summed E-state index contributed by atoms with van der Waals surface area (Å²) in [5.41, 5.74) is -0.0344. The molecule has 1 fully saturated rings. The number of ether oxygens (including phenoxy) is 1. The SMILES string of the molecule is C[C@@H](OC(=O)CN1C(=O)c2ccccc2S1(=O)=O)C(=O)NC(=O)NC1CC1. The Morgan fingerprint density at radius 1 is 1.26 bits per heavy atom. The molecule has 4 amide bonds. The number of nitrogens with zero attached hydrogens (tertiary/aromatic N) is 1. The highest BCUT2D eigenvalue weighted by atomic mass is 32.2. The van der Waals surface area contributed by atoms with Gasteiger partial charge in [0.15, 0.2) is 6.10 Å². The Labute approximate surface area is 154 Å². The molecule has 2 aliphatic rings. The molecule has 0 aromatic heterocycles. The van der Waals surface area contributed by atoms with Crippen LogP contribution in [-0.4, -0.2) is 55.2 Å². The number of hydrogen-bond acceptors (Lipinski definition) is 7. The summed E-state index contributed by atoms with van der Waals surface area (Å²) in [7, 11) is -4.15. The smallest absolute Gasteiger partial charge is 0.327 e. The van der Waals surface area contributed by atoms with Crippen LogP contribution in [0.5, 0.6) is 0 Å². The van der Waals surface area contributed by atoms with Crippen LogP contribution in [0.1, 0.15) is 30.1 Å². The van der Waals surface area contributed by atoms with Gasteiger partial charge in [-0.25, -0.2) is 17.5 Å². The fourth-order valence-corrected chi connectivity index (χ4v) is 3.97. The lowest BCUT2D eigenvalue weighted by Crippen LogP contribution is -2.46. The Bertz CT molecular complexity index is 924. The van der Waals surface area contributed by atoms with Gasteiger partial charge in [-0.1, -0.05) is 12.1 Å². The zero-order valence-corrected chi connectivity index (χ0v) is 15.1. The number of amides is 4. The van der Waals surface area contributed by atoms with Gasteiger partial charge in [0.25, 0.3) is 21.8 Å². The van der Waals surface area contributed by atoms with Crippen LogP contribution >= 0.6 is 0 Å². The van der Waals surface area contributed by atoms with Crippen LogP contribution in [0.25, 0.3) is 0 Å². The number of rotatable bonds is 5. The zero-order chi connectivity index (χ0) is 19.8. The Morgan fingerprint density at radius 2 is 1.93 bits per heavy atom. The number of imide groups is 1. The molecular formula is C16H17N3O7S. The maximum atomic E-state index is 12.4. The molecule has 0 unspecified atom stereocenters. The van der Waals surface area contributed by atoms with Gasteiger partial charge in [-0.15, -0.1) is 0 Å². The minimum atomic E-state index is -4.15. The number of sulfonamides is 1. The van der Waals surface area contributed by atoms with Crippen LogP contribution < -0.4 is 10.6 Å². The van der Waals surface area contributed by atoms with Crippen molar-refractivity contribution in [3.05, 3.63) is 29.8 Å². The first kappa shape index (κ1) is 18.8. The van der Waals surface area contributed by atoms with Gasteiger partial charge >= 0.3 is 12.0 Å². The molecule has 144 valence electrons. The minimum Gasteiger partial charge on any atom is -0.451 e. The average molecular weight is 395 g/mol. The zero-order valence-electron chi connectivity index (χ0n) is 14.3. The molecule has 0 saturated heterocycles. The number of urea groups is 1. The van der Waals surface area contributed by atoms with Crippen LogP contribution in [0.2, 0.25) is 0 Å². The molecule has 0 radical (unpaired) electrons. The van der Waals surface area contributed by atoms with Crippen molar-refractivity contribution in [3.8, 4) is 0 Å². The maximum absolute atomic E-state index is 12.4. The molecule has 0 spiro atoms. The van der Waals surface area contributed by atoms with E-state index in [0.29, 0.717) is 4.31 Å². The summed E-state index contributed by atoms with van der Waals surface area (Å²) < 4.78 is 30.0. The summed E-state index contributed by atoms with van der Waals surface area (Å²) in [5.74, 6) is -2.80. The van der Waals surface area contributed by atoms with Crippen LogP contribution in [0.4, 0.5) is 4.79 Å². The first-order chi connectivity index (χ1) is 12.7. The second-order valence-electron chi connectivity index (χ2n) is 6.18. The Kier molecular flexibility index (Phi) is 4.87. The summed E-state index contributed by atoms with van der Waals surface area (Å²) in [4.78, 5) is 47.4. The Balaban J connectivity index is 1.58. The van der Waals surface area contributed by atoms with Gasteiger partial charge in [0.2, 0.25) is 0 Å².